The molecule has 1 aromatic heterocycles. The summed E-state index contributed by atoms with van der Waals surface area (Å²) in [7, 11) is 0. The molecule has 0 saturated carbocycles. The predicted octanol–water partition coefficient (Wildman–Crippen LogP) is 1.86. The molecule has 1 N–H and O–H groups in total. The van der Waals surface area contributed by atoms with Crippen LogP contribution >= 0.6 is 0 Å². The molecule has 0 spiro atoms. The van der Waals surface area contributed by atoms with Gasteiger partial charge in [-0.2, -0.15) is 0 Å². The summed E-state index contributed by atoms with van der Waals surface area (Å²) in [6.07, 6.45) is 2.90. The quantitative estimate of drug-likeness (QED) is 0.848. The number of pyridine rings is 1. The number of fused-ring (bicyclic) bond motifs is 1. The van der Waals surface area contributed by atoms with Crippen molar-refractivity contribution < 1.29 is 0 Å². The number of aromatic nitrogens is 1. The molecule has 2 aromatic rings. The molecule has 17 heavy (non-hydrogen) atoms. The fourth-order valence-corrected chi connectivity index (χ4v) is 2.24. The second-order valence-corrected chi connectivity index (χ2v) is 4.34. The first-order chi connectivity index (χ1) is 8.33. The van der Waals surface area contributed by atoms with Crippen molar-refractivity contribution >= 4 is 5.69 Å². The number of rotatable bonds is 2. The van der Waals surface area contributed by atoms with Gasteiger partial charge >= 0.3 is 0 Å². The average Bonchev–Trinajstić information content (AvgIpc) is 2.79. The third-order valence-electron chi connectivity index (χ3n) is 3.13. The lowest BCUT2D eigenvalue weighted by Crippen LogP contribution is -2.18. The summed E-state index contributed by atoms with van der Waals surface area (Å²) in [6.45, 7) is 1.66. The van der Waals surface area contributed by atoms with Gasteiger partial charge in [0, 0.05) is 24.5 Å². The SMILES string of the molecule is O=c1ccccn1Cc1ccc2c(c1)CCN2. The van der Waals surface area contributed by atoms with Gasteiger partial charge < -0.3 is 9.88 Å². The van der Waals surface area contributed by atoms with E-state index in [1.54, 1.807) is 16.7 Å². The van der Waals surface area contributed by atoms with Crippen LogP contribution in [0.5, 0.6) is 0 Å². The van der Waals surface area contributed by atoms with E-state index in [0.717, 1.165) is 13.0 Å². The number of anilines is 1. The molecule has 0 bridgehead atoms. The zero-order chi connectivity index (χ0) is 11.7. The van der Waals surface area contributed by atoms with Crippen LogP contribution in [-0.2, 0) is 13.0 Å². The minimum atomic E-state index is 0.0473. The molecule has 1 aliphatic rings. The maximum atomic E-state index is 11.6. The third-order valence-corrected chi connectivity index (χ3v) is 3.13. The van der Waals surface area contributed by atoms with Crippen molar-refractivity contribution in [1.82, 2.24) is 4.57 Å². The summed E-state index contributed by atoms with van der Waals surface area (Å²) in [5.74, 6) is 0. The molecule has 2 heterocycles. The van der Waals surface area contributed by atoms with E-state index in [0.29, 0.717) is 6.54 Å². The molecule has 0 unspecified atom stereocenters. The highest BCUT2D eigenvalue weighted by Gasteiger charge is 2.09. The monoisotopic (exact) mass is 226 g/mol. The lowest BCUT2D eigenvalue weighted by Gasteiger charge is -2.07. The minimum Gasteiger partial charge on any atom is -0.384 e. The van der Waals surface area contributed by atoms with E-state index in [1.165, 1.54) is 16.8 Å². The Kier molecular flexibility index (Phi) is 2.44. The Labute approximate surface area is 99.7 Å². The summed E-state index contributed by atoms with van der Waals surface area (Å²) in [4.78, 5) is 11.6. The molecule has 0 saturated heterocycles. The highest BCUT2D eigenvalue weighted by molar-refractivity contribution is 5.56. The molecular formula is C14H14N2O. The van der Waals surface area contributed by atoms with Crippen molar-refractivity contribution in [3.8, 4) is 0 Å². The first-order valence-corrected chi connectivity index (χ1v) is 5.84. The zero-order valence-corrected chi connectivity index (χ0v) is 9.52. The fourth-order valence-electron chi connectivity index (χ4n) is 2.24. The van der Waals surface area contributed by atoms with E-state index in [-0.39, 0.29) is 5.56 Å². The molecule has 1 aromatic carbocycles. The average molecular weight is 226 g/mol. The Morgan fingerprint density at radius 3 is 3.06 bits per heavy atom. The number of hydrogen-bond acceptors (Lipinski definition) is 2. The van der Waals surface area contributed by atoms with Gasteiger partial charge in [0.2, 0.25) is 0 Å². The van der Waals surface area contributed by atoms with Crippen LogP contribution in [0.15, 0.2) is 47.4 Å². The molecule has 3 rings (SSSR count). The maximum absolute atomic E-state index is 11.6. The van der Waals surface area contributed by atoms with Crippen LogP contribution in [0.1, 0.15) is 11.1 Å². The number of nitrogens with zero attached hydrogens (tertiary/aromatic N) is 1. The molecular weight excluding hydrogens is 212 g/mol. The van der Waals surface area contributed by atoms with Gasteiger partial charge in [-0.15, -0.1) is 0 Å². The number of benzene rings is 1. The Balaban J connectivity index is 1.91. The van der Waals surface area contributed by atoms with E-state index >= 15 is 0 Å². The highest BCUT2D eigenvalue weighted by Crippen LogP contribution is 2.23. The van der Waals surface area contributed by atoms with Crippen LogP contribution in [-0.4, -0.2) is 11.1 Å². The van der Waals surface area contributed by atoms with Crippen LogP contribution in [0.2, 0.25) is 0 Å². The smallest absolute Gasteiger partial charge is 0.250 e. The summed E-state index contributed by atoms with van der Waals surface area (Å²) in [5.41, 5.74) is 3.81. The lowest BCUT2D eigenvalue weighted by atomic mass is 10.1. The van der Waals surface area contributed by atoms with Gasteiger partial charge in [-0.05, 0) is 29.7 Å². The van der Waals surface area contributed by atoms with E-state index in [4.69, 9.17) is 0 Å². The van der Waals surface area contributed by atoms with Gasteiger partial charge in [0.1, 0.15) is 0 Å². The topological polar surface area (TPSA) is 34.0 Å². The fraction of sp³-hybridized carbons (Fsp3) is 0.214. The standard InChI is InChI=1S/C14H14N2O/c17-14-3-1-2-8-16(14)10-11-4-5-13-12(9-11)6-7-15-13/h1-5,8-9,15H,6-7,10H2. The lowest BCUT2D eigenvalue weighted by molar-refractivity contribution is 0.759. The Hall–Kier alpha value is -2.03. The van der Waals surface area contributed by atoms with Crippen LogP contribution in [0.3, 0.4) is 0 Å². The highest BCUT2D eigenvalue weighted by atomic mass is 16.1. The van der Waals surface area contributed by atoms with Gasteiger partial charge in [-0.3, -0.25) is 4.79 Å². The molecule has 3 heteroatoms. The van der Waals surface area contributed by atoms with Gasteiger partial charge in [0.15, 0.2) is 0 Å². The second kappa shape index (κ2) is 4.09. The van der Waals surface area contributed by atoms with Crippen LogP contribution in [0.4, 0.5) is 5.69 Å². The molecule has 3 nitrogen and oxygen atoms in total. The van der Waals surface area contributed by atoms with Crippen molar-refractivity contribution in [2.45, 2.75) is 13.0 Å². The summed E-state index contributed by atoms with van der Waals surface area (Å²) < 4.78 is 1.73. The normalized spacial score (nSPS) is 13.2. The third kappa shape index (κ3) is 1.96. The molecule has 0 atom stereocenters. The molecule has 0 fully saturated rings. The van der Waals surface area contributed by atoms with E-state index in [2.05, 4.69) is 23.5 Å². The van der Waals surface area contributed by atoms with E-state index in [1.807, 2.05) is 12.3 Å². The van der Waals surface area contributed by atoms with Gasteiger partial charge in [-0.1, -0.05) is 18.2 Å². The van der Waals surface area contributed by atoms with Gasteiger partial charge in [0.25, 0.3) is 5.56 Å². The van der Waals surface area contributed by atoms with Crippen molar-refractivity contribution in [2.24, 2.45) is 0 Å². The Bertz CT molecular complexity index is 601. The van der Waals surface area contributed by atoms with Crippen LogP contribution in [0.25, 0.3) is 0 Å². The minimum absolute atomic E-state index is 0.0473. The Morgan fingerprint density at radius 2 is 2.18 bits per heavy atom. The van der Waals surface area contributed by atoms with Crippen LogP contribution < -0.4 is 10.9 Å². The first kappa shape index (κ1) is 10.1. The summed E-state index contributed by atoms with van der Waals surface area (Å²) >= 11 is 0. The first-order valence-electron chi connectivity index (χ1n) is 5.84. The molecule has 86 valence electrons. The number of hydrogen-bond donors (Lipinski definition) is 1. The largest absolute Gasteiger partial charge is 0.384 e. The van der Waals surface area contributed by atoms with Gasteiger partial charge in [-0.25, -0.2) is 0 Å². The van der Waals surface area contributed by atoms with Crippen molar-refractivity contribution in [1.29, 1.82) is 0 Å². The molecule has 0 aliphatic carbocycles. The second-order valence-electron chi connectivity index (χ2n) is 4.34. The molecule has 1 aliphatic heterocycles. The molecule has 0 radical (unpaired) electrons. The summed E-state index contributed by atoms with van der Waals surface area (Å²) in [5, 5.41) is 3.33. The predicted molar refractivity (Wildman–Crippen MR) is 68.4 cm³/mol. The van der Waals surface area contributed by atoms with Crippen LogP contribution in [0, 0.1) is 0 Å². The van der Waals surface area contributed by atoms with Crippen molar-refractivity contribution in [3.05, 3.63) is 64.1 Å². The van der Waals surface area contributed by atoms with E-state index in [9.17, 15) is 4.79 Å². The summed E-state index contributed by atoms with van der Waals surface area (Å²) in [6, 6.07) is 11.6. The number of nitrogens with one attached hydrogen (secondary N) is 1. The van der Waals surface area contributed by atoms with Gasteiger partial charge in [0.05, 0.1) is 6.54 Å². The maximum Gasteiger partial charge on any atom is 0.250 e. The van der Waals surface area contributed by atoms with Crippen molar-refractivity contribution in [3.63, 3.8) is 0 Å². The van der Waals surface area contributed by atoms with E-state index < -0.39 is 0 Å². The van der Waals surface area contributed by atoms with Crippen molar-refractivity contribution in [2.75, 3.05) is 11.9 Å². The Morgan fingerprint density at radius 1 is 1.24 bits per heavy atom. The molecule has 0 amide bonds. The zero-order valence-electron chi connectivity index (χ0n) is 9.52.